The Morgan fingerprint density at radius 3 is 2.05 bits per heavy atom. The van der Waals surface area contributed by atoms with Crippen LogP contribution < -0.4 is 13.8 Å². The molecule has 6 heteroatoms. The van der Waals surface area contributed by atoms with Crippen LogP contribution in [0.2, 0.25) is 0 Å². The molecule has 0 aromatic heterocycles. The summed E-state index contributed by atoms with van der Waals surface area (Å²) < 4.78 is 37.4. The molecule has 2 aromatic rings. The maximum absolute atomic E-state index is 12.9. The lowest BCUT2D eigenvalue weighted by Crippen LogP contribution is -2.27. The highest BCUT2D eigenvalue weighted by molar-refractivity contribution is 7.92. The number of benzene rings is 2. The third-order valence-corrected chi connectivity index (χ3v) is 5.37. The number of hydrogen-bond donors (Lipinski definition) is 0. The minimum atomic E-state index is -3.68. The Bertz CT molecular complexity index is 757. The Kier molecular flexibility index (Phi) is 4.61. The first-order chi connectivity index (χ1) is 10.4. The van der Waals surface area contributed by atoms with Crippen molar-refractivity contribution in [3.63, 3.8) is 0 Å². The van der Waals surface area contributed by atoms with E-state index in [0.717, 1.165) is 0 Å². The van der Waals surface area contributed by atoms with Crippen LogP contribution in [0.25, 0.3) is 0 Å². The van der Waals surface area contributed by atoms with Gasteiger partial charge >= 0.3 is 0 Å². The van der Waals surface area contributed by atoms with Gasteiger partial charge in [-0.15, -0.1) is 0 Å². The standard InChI is InChI=1S/C16H19NO4S/c1-12-10-14(20-3)15(21-4)11-16(12)22(18,19)17(2)13-8-6-5-7-9-13/h5-11H,1-4H3. The minimum absolute atomic E-state index is 0.191. The largest absolute Gasteiger partial charge is 0.493 e. The number of methoxy groups -OCH3 is 2. The van der Waals surface area contributed by atoms with Gasteiger partial charge in [0, 0.05) is 13.1 Å². The van der Waals surface area contributed by atoms with Crippen molar-refractivity contribution in [1.29, 1.82) is 0 Å². The molecule has 118 valence electrons. The van der Waals surface area contributed by atoms with Crippen molar-refractivity contribution in [2.24, 2.45) is 0 Å². The van der Waals surface area contributed by atoms with Crippen LogP contribution in [0.1, 0.15) is 5.56 Å². The third-order valence-electron chi connectivity index (χ3n) is 3.44. The van der Waals surface area contributed by atoms with Gasteiger partial charge in [0.25, 0.3) is 10.0 Å². The summed E-state index contributed by atoms with van der Waals surface area (Å²) in [7, 11) is 0.838. The van der Waals surface area contributed by atoms with Gasteiger partial charge in [-0.2, -0.15) is 0 Å². The highest BCUT2D eigenvalue weighted by atomic mass is 32.2. The van der Waals surface area contributed by atoms with Crippen molar-refractivity contribution >= 4 is 15.7 Å². The van der Waals surface area contributed by atoms with Crippen LogP contribution in [0.4, 0.5) is 5.69 Å². The molecule has 0 spiro atoms. The molecule has 0 amide bonds. The number of rotatable bonds is 5. The quantitative estimate of drug-likeness (QED) is 0.850. The molecule has 2 rings (SSSR count). The Balaban J connectivity index is 2.54. The van der Waals surface area contributed by atoms with Crippen molar-refractivity contribution in [2.45, 2.75) is 11.8 Å². The van der Waals surface area contributed by atoms with Gasteiger partial charge < -0.3 is 9.47 Å². The van der Waals surface area contributed by atoms with Gasteiger partial charge in [-0.05, 0) is 30.7 Å². The van der Waals surface area contributed by atoms with Gasteiger partial charge in [0.2, 0.25) is 0 Å². The smallest absolute Gasteiger partial charge is 0.264 e. The summed E-state index contributed by atoms with van der Waals surface area (Å²) in [6.07, 6.45) is 0. The average molecular weight is 321 g/mol. The maximum atomic E-state index is 12.9. The predicted octanol–water partition coefficient (Wildman–Crippen LogP) is 2.84. The molecule has 0 fully saturated rings. The summed E-state index contributed by atoms with van der Waals surface area (Å²) in [6.45, 7) is 1.73. The monoisotopic (exact) mass is 321 g/mol. The molecule has 0 aliphatic carbocycles. The van der Waals surface area contributed by atoms with E-state index < -0.39 is 10.0 Å². The van der Waals surface area contributed by atoms with E-state index in [1.165, 1.54) is 31.6 Å². The normalized spacial score (nSPS) is 11.1. The van der Waals surface area contributed by atoms with Gasteiger partial charge in [0.15, 0.2) is 11.5 Å². The Morgan fingerprint density at radius 1 is 0.955 bits per heavy atom. The first-order valence-electron chi connectivity index (χ1n) is 6.68. The second-order valence-corrected chi connectivity index (χ2v) is 6.72. The molecule has 22 heavy (non-hydrogen) atoms. The molecule has 0 aliphatic rings. The average Bonchev–Trinajstić information content (AvgIpc) is 2.54. The van der Waals surface area contributed by atoms with Gasteiger partial charge in [-0.1, -0.05) is 18.2 Å². The van der Waals surface area contributed by atoms with Crippen LogP contribution in [-0.4, -0.2) is 29.7 Å². The number of anilines is 1. The zero-order chi connectivity index (χ0) is 16.3. The lowest BCUT2D eigenvalue weighted by Gasteiger charge is -2.21. The van der Waals surface area contributed by atoms with Crippen molar-refractivity contribution in [1.82, 2.24) is 0 Å². The second kappa shape index (κ2) is 6.27. The van der Waals surface area contributed by atoms with E-state index in [0.29, 0.717) is 22.7 Å². The molecule has 0 unspecified atom stereocenters. The first-order valence-corrected chi connectivity index (χ1v) is 8.12. The molecule has 0 radical (unpaired) electrons. The first kappa shape index (κ1) is 16.2. The highest BCUT2D eigenvalue weighted by Crippen LogP contribution is 2.34. The number of ether oxygens (including phenoxy) is 2. The SMILES string of the molecule is COc1cc(C)c(S(=O)(=O)N(C)c2ccccc2)cc1OC. The number of para-hydroxylation sites is 1. The molecule has 0 bridgehead atoms. The molecule has 0 saturated carbocycles. The summed E-state index contributed by atoms with van der Waals surface area (Å²) >= 11 is 0. The van der Waals surface area contributed by atoms with Gasteiger partial charge in [-0.25, -0.2) is 8.42 Å². The Morgan fingerprint density at radius 2 is 1.50 bits per heavy atom. The Labute approximate surface area is 131 Å². The number of aryl methyl sites for hydroxylation is 1. The van der Waals surface area contributed by atoms with Crippen LogP contribution in [0.3, 0.4) is 0 Å². The third kappa shape index (κ3) is 2.87. The minimum Gasteiger partial charge on any atom is -0.493 e. The molecule has 0 atom stereocenters. The molecule has 0 aliphatic heterocycles. The van der Waals surface area contributed by atoms with E-state index >= 15 is 0 Å². The Hall–Kier alpha value is -2.21. The number of sulfonamides is 1. The molecular formula is C16H19NO4S. The summed E-state index contributed by atoms with van der Waals surface area (Å²) in [6, 6.07) is 12.1. The molecule has 2 aromatic carbocycles. The topological polar surface area (TPSA) is 55.8 Å². The molecule has 0 N–H and O–H groups in total. The van der Waals surface area contributed by atoms with Crippen molar-refractivity contribution < 1.29 is 17.9 Å². The lowest BCUT2D eigenvalue weighted by atomic mass is 10.2. The van der Waals surface area contributed by atoms with E-state index in [-0.39, 0.29) is 4.90 Å². The van der Waals surface area contributed by atoms with Gasteiger partial charge in [-0.3, -0.25) is 4.31 Å². The van der Waals surface area contributed by atoms with E-state index in [1.807, 2.05) is 6.07 Å². The fourth-order valence-corrected chi connectivity index (χ4v) is 3.58. The maximum Gasteiger partial charge on any atom is 0.264 e. The van der Waals surface area contributed by atoms with E-state index in [2.05, 4.69) is 0 Å². The van der Waals surface area contributed by atoms with E-state index in [4.69, 9.17) is 9.47 Å². The second-order valence-electron chi connectivity index (χ2n) is 4.78. The van der Waals surface area contributed by atoms with Crippen molar-refractivity contribution in [3.8, 4) is 11.5 Å². The highest BCUT2D eigenvalue weighted by Gasteiger charge is 2.25. The van der Waals surface area contributed by atoms with E-state index in [9.17, 15) is 8.42 Å². The zero-order valence-electron chi connectivity index (χ0n) is 13.0. The van der Waals surface area contributed by atoms with Crippen molar-refractivity contribution in [2.75, 3.05) is 25.6 Å². The van der Waals surface area contributed by atoms with E-state index in [1.54, 1.807) is 37.3 Å². The molecule has 0 heterocycles. The van der Waals surface area contributed by atoms with Gasteiger partial charge in [0.1, 0.15) is 0 Å². The van der Waals surface area contributed by atoms with Crippen LogP contribution in [0.15, 0.2) is 47.4 Å². The number of nitrogens with zero attached hydrogens (tertiary/aromatic N) is 1. The summed E-state index contributed by atoms with van der Waals surface area (Å²) in [5, 5.41) is 0. The summed E-state index contributed by atoms with van der Waals surface area (Å²) in [5.74, 6) is 0.884. The van der Waals surface area contributed by atoms with Crippen LogP contribution >= 0.6 is 0 Å². The predicted molar refractivity (Wildman–Crippen MR) is 86.3 cm³/mol. The van der Waals surface area contributed by atoms with Crippen LogP contribution in [0.5, 0.6) is 11.5 Å². The fraction of sp³-hybridized carbons (Fsp3) is 0.250. The summed E-state index contributed by atoms with van der Waals surface area (Å²) in [5.41, 5.74) is 1.19. The van der Waals surface area contributed by atoms with Crippen LogP contribution in [0, 0.1) is 6.92 Å². The number of hydrogen-bond acceptors (Lipinski definition) is 4. The molecule has 5 nitrogen and oxygen atoms in total. The van der Waals surface area contributed by atoms with Crippen LogP contribution in [-0.2, 0) is 10.0 Å². The molecule has 0 saturated heterocycles. The lowest BCUT2D eigenvalue weighted by molar-refractivity contribution is 0.353. The fourth-order valence-electron chi connectivity index (χ4n) is 2.16. The van der Waals surface area contributed by atoms with Crippen molar-refractivity contribution in [3.05, 3.63) is 48.0 Å². The zero-order valence-corrected chi connectivity index (χ0v) is 13.8. The molecular weight excluding hydrogens is 302 g/mol. The summed E-state index contributed by atoms with van der Waals surface area (Å²) in [4.78, 5) is 0.191. The van der Waals surface area contributed by atoms with Gasteiger partial charge in [0.05, 0.1) is 24.8 Å².